The molecule has 5 nitrogen and oxygen atoms in total. The maximum atomic E-state index is 11.0. The molecule has 5 heteroatoms. The Kier molecular flexibility index (Phi) is 4.42. The lowest BCUT2D eigenvalue weighted by atomic mass is 10.0. The molecule has 1 heterocycles. The standard InChI is InChI=1S/C15H17N3O2/c1-11(13-7-3-4-9-15(13)18(19)20)17-12(2)14-8-5-6-10-16-14/h3-12,17H,1-2H3. The summed E-state index contributed by atoms with van der Waals surface area (Å²) in [6.07, 6.45) is 1.74. The molecule has 0 aliphatic rings. The first-order chi connectivity index (χ1) is 9.59. The van der Waals surface area contributed by atoms with Crippen molar-refractivity contribution < 1.29 is 4.92 Å². The third-order valence-electron chi connectivity index (χ3n) is 3.23. The summed E-state index contributed by atoms with van der Waals surface area (Å²) in [6.45, 7) is 3.91. The number of hydrogen-bond donors (Lipinski definition) is 1. The predicted octanol–water partition coefficient (Wildman–Crippen LogP) is 3.40. The number of nitrogens with zero attached hydrogens (tertiary/aromatic N) is 2. The van der Waals surface area contributed by atoms with Crippen molar-refractivity contribution in [1.29, 1.82) is 0 Å². The van der Waals surface area contributed by atoms with E-state index in [1.165, 1.54) is 6.07 Å². The van der Waals surface area contributed by atoms with E-state index in [1.54, 1.807) is 18.3 Å². The molecule has 0 bridgehead atoms. The molecule has 104 valence electrons. The predicted molar refractivity (Wildman–Crippen MR) is 77.3 cm³/mol. The van der Waals surface area contributed by atoms with Gasteiger partial charge in [-0.1, -0.05) is 24.3 Å². The van der Waals surface area contributed by atoms with Gasteiger partial charge in [-0.15, -0.1) is 0 Å². The maximum absolute atomic E-state index is 11.0. The lowest BCUT2D eigenvalue weighted by Crippen LogP contribution is -2.23. The van der Waals surface area contributed by atoms with Crippen molar-refractivity contribution in [2.45, 2.75) is 25.9 Å². The molecule has 0 aliphatic carbocycles. The van der Waals surface area contributed by atoms with E-state index in [-0.39, 0.29) is 22.7 Å². The van der Waals surface area contributed by atoms with Gasteiger partial charge < -0.3 is 5.32 Å². The van der Waals surface area contributed by atoms with Crippen LogP contribution in [0.1, 0.15) is 37.2 Å². The van der Waals surface area contributed by atoms with Gasteiger partial charge in [0.2, 0.25) is 0 Å². The summed E-state index contributed by atoms with van der Waals surface area (Å²) in [7, 11) is 0. The molecule has 0 amide bonds. The van der Waals surface area contributed by atoms with Gasteiger partial charge in [-0.2, -0.15) is 0 Å². The van der Waals surface area contributed by atoms with Gasteiger partial charge in [-0.25, -0.2) is 0 Å². The number of benzene rings is 1. The van der Waals surface area contributed by atoms with Crippen LogP contribution < -0.4 is 5.32 Å². The Labute approximate surface area is 117 Å². The Bertz CT molecular complexity index is 587. The number of pyridine rings is 1. The van der Waals surface area contributed by atoms with Crippen LogP contribution in [0.5, 0.6) is 0 Å². The number of aromatic nitrogens is 1. The van der Waals surface area contributed by atoms with Gasteiger partial charge in [0.05, 0.1) is 10.6 Å². The van der Waals surface area contributed by atoms with E-state index in [1.807, 2.05) is 38.1 Å². The summed E-state index contributed by atoms with van der Waals surface area (Å²) in [6, 6.07) is 12.4. The minimum atomic E-state index is -0.348. The van der Waals surface area contributed by atoms with Crippen LogP contribution in [0.25, 0.3) is 0 Å². The van der Waals surface area contributed by atoms with E-state index < -0.39 is 0 Å². The molecule has 20 heavy (non-hydrogen) atoms. The smallest absolute Gasteiger partial charge is 0.274 e. The highest BCUT2D eigenvalue weighted by Crippen LogP contribution is 2.26. The Morgan fingerprint density at radius 1 is 1.10 bits per heavy atom. The van der Waals surface area contributed by atoms with Gasteiger partial charge in [0.25, 0.3) is 5.69 Å². The highest BCUT2D eigenvalue weighted by molar-refractivity contribution is 5.41. The summed E-state index contributed by atoms with van der Waals surface area (Å²) in [5, 5.41) is 14.4. The van der Waals surface area contributed by atoms with Crippen molar-refractivity contribution in [3.63, 3.8) is 0 Å². The molecule has 0 aliphatic heterocycles. The molecule has 0 spiro atoms. The lowest BCUT2D eigenvalue weighted by molar-refractivity contribution is -0.385. The van der Waals surface area contributed by atoms with Gasteiger partial charge in [0.1, 0.15) is 0 Å². The quantitative estimate of drug-likeness (QED) is 0.668. The van der Waals surface area contributed by atoms with E-state index >= 15 is 0 Å². The maximum Gasteiger partial charge on any atom is 0.274 e. The second-order valence-corrected chi connectivity index (χ2v) is 4.68. The zero-order valence-electron chi connectivity index (χ0n) is 11.5. The van der Waals surface area contributed by atoms with Crippen LogP contribution in [0.2, 0.25) is 0 Å². The minimum absolute atomic E-state index is 0.0195. The Hall–Kier alpha value is -2.27. The molecule has 0 radical (unpaired) electrons. The highest BCUT2D eigenvalue weighted by Gasteiger charge is 2.19. The summed E-state index contributed by atoms with van der Waals surface area (Å²) >= 11 is 0. The van der Waals surface area contributed by atoms with Crippen LogP contribution in [-0.4, -0.2) is 9.91 Å². The summed E-state index contributed by atoms with van der Waals surface area (Å²) in [4.78, 5) is 15.0. The molecule has 1 aromatic carbocycles. The zero-order chi connectivity index (χ0) is 14.5. The molecule has 2 aromatic rings. The second-order valence-electron chi connectivity index (χ2n) is 4.68. The van der Waals surface area contributed by atoms with Crippen LogP contribution in [0.3, 0.4) is 0 Å². The molecule has 0 fully saturated rings. The van der Waals surface area contributed by atoms with Crippen LogP contribution in [0.4, 0.5) is 5.69 Å². The normalized spacial score (nSPS) is 13.7. The number of nitrogens with one attached hydrogen (secondary N) is 1. The molecular formula is C15H17N3O2. The zero-order valence-corrected chi connectivity index (χ0v) is 11.5. The van der Waals surface area contributed by atoms with Crippen molar-refractivity contribution in [2.24, 2.45) is 0 Å². The van der Waals surface area contributed by atoms with Gasteiger partial charge in [-0.05, 0) is 26.0 Å². The number of nitro benzene ring substituents is 1. The van der Waals surface area contributed by atoms with Crippen molar-refractivity contribution in [1.82, 2.24) is 10.3 Å². The Morgan fingerprint density at radius 3 is 2.45 bits per heavy atom. The number of rotatable bonds is 5. The minimum Gasteiger partial charge on any atom is -0.302 e. The Morgan fingerprint density at radius 2 is 1.80 bits per heavy atom. The molecule has 1 N–H and O–H groups in total. The van der Waals surface area contributed by atoms with E-state index in [0.29, 0.717) is 5.56 Å². The molecule has 2 unspecified atom stereocenters. The van der Waals surface area contributed by atoms with Crippen LogP contribution in [0.15, 0.2) is 48.7 Å². The summed E-state index contributed by atoms with van der Waals surface area (Å²) < 4.78 is 0. The van der Waals surface area contributed by atoms with Crippen molar-refractivity contribution in [2.75, 3.05) is 0 Å². The number of hydrogen-bond acceptors (Lipinski definition) is 4. The molecule has 0 saturated carbocycles. The van der Waals surface area contributed by atoms with Gasteiger partial charge in [0.15, 0.2) is 0 Å². The first-order valence-electron chi connectivity index (χ1n) is 6.50. The average Bonchev–Trinajstić information content (AvgIpc) is 2.48. The highest BCUT2D eigenvalue weighted by atomic mass is 16.6. The van der Waals surface area contributed by atoms with E-state index in [9.17, 15) is 10.1 Å². The van der Waals surface area contributed by atoms with Crippen LogP contribution in [0, 0.1) is 10.1 Å². The van der Waals surface area contributed by atoms with E-state index in [4.69, 9.17) is 0 Å². The van der Waals surface area contributed by atoms with Gasteiger partial charge in [0, 0.05) is 29.9 Å². The molecule has 0 saturated heterocycles. The molecule has 1 aromatic heterocycles. The molecule has 2 rings (SSSR count). The van der Waals surface area contributed by atoms with Crippen LogP contribution in [-0.2, 0) is 0 Å². The van der Waals surface area contributed by atoms with E-state index in [0.717, 1.165) is 5.69 Å². The largest absolute Gasteiger partial charge is 0.302 e. The monoisotopic (exact) mass is 271 g/mol. The Balaban J connectivity index is 2.16. The fourth-order valence-electron chi connectivity index (χ4n) is 2.20. The SMILES string of the molecule is CC(NC(C)c1ccccc1[N+](=O)[O-])c1ccccn1. The summed E-state index contributed by atoms with van der Waals surface area (Å²) in [5.41, 5.74) is 1.74. The van der Waals surface area contributed by atoms with Crippen LogP contribution >= 0.6 is 0 Å². The molecular weight excluding hydrogens is 254 g/mol. The van der Waals surface area contributed by atoms with Gasteiger partial charge in [-0.3, -0.25) is 15.1 Å². The fraction of sp³-hybridized carbons (Fsp3) is 0.267. The first kappa shape index (κ1) is 14.1. The summed E-state index contributed by atoms with van der Waals surface area (Å²) in [5.74, 6) is 0. The number of nitro groups is 1. The first-order valence-corrected chi connectivity index (χ1v) is 6.50. The van der Waals surface area contributed by atoms with Crippen molar-refractivity contribution >= 4 is 5.69 Å². The third-order valence-corrected chi connectivity index (χ3v) is 3.23. The second kappa shape index (κ2) is 6.25. The van der Waals surface area contributed by atoms with Crippen molar-refractivity contribution in [3.05, 3.63) is 70.0 Å². The number of para-hydroxylation sites is 1. The fourth-order valence-corrected chi connectivity index (χ4v) is 2.20. The average molecular weight is 271 g/mol. The molecule has 2 atom stereocenters. The lowest BCUT2D eigenvalue weighted by Gasteiger charge is -2.19. The third kappa shape index (κ3) is 3.19. The van der Waals surface area contributed by atoms with E-state index in [2.05, 4.69) is 10.3 Å². The topological polar surface area (TPSA) is 68.1 Å². The van der Waals surface area contributed by atoms with Crippen molar-refractivity contribution in [3.8, 4) is 0 Å². The van der Waals surface area contributed by atoms with Gasteiger partial charge >= 0.3 is 0 Å².